The van der Waals surface area contributed by atoms with Crippen molar-refractivity contribution in [1.29, 1.82) is 0 Å². The highest BCUT2D eigenvalue weighted by atomic mass is 19.1. The van der Waals surface area contributed by atoms with Crippen molar-refractivity contribution in [3.8, 4) is 22.6 Å². The second-order valence-electron chi connectivity index (χ2n) is 7.04. The van der Waals surface area contributed by atoms with Crippen LogP contribution in [0, 0.1) is 11.6 Å². The molecule has 0 saturated heterocycles. The van der Waals surface area contributed by atoms with E-state index in [0.29, 0.717) is 35.8 Å². The average molecular weight is 421 g/mol. The molecule has 0 aliphatic rings. The van der Waals surface area contributed by atoms with Gasteiger partial charge in [-0.25, -0.2) is 8.78 Å². The van der Waals surface area contributed by atoms with E-state index in [4.69, 9.17) is 14.6 Å². The molecule has 0 fully saturated rings. The third-order valence-electron chi connectivity index (χ3n) is 4.48. The quantitative estimate of drug-likeness (QED) is 0.490. The number of benzene rings is 2. The van der Waals surface area contributed by atoms with E-state index in [-0.39, 0.29) is 25.1 Å². The second-order valence-corrected chi connectivity index (χ2v) is 7.04. The number of halogens is 2. The van der Waals surface area contributed by atoms with Gasteiger partial charge >= 0.3 is 5.97 Å². The summed E-state index contributed by atoms with van der Waals surface area (Å²) in [5.41, 5.74) is 0.717. The van der Waals surface area contributed by atoms with Gasteiger partial charge in [0.05, 0.1) is 13.2 Å². The SMILES string of the molecule is CCCOc1cccc(-c2cc(F)c(N(C)CCCC(=O)O)c(F)c2)c1OCCC. The lowest BCUT2D eigenvalue weighted by molar-refractivity contribution is -0.137. The van der Waals surface area contributed by atoms with Gasteiger partial charge in [-0.1, -0.05) is 26.0 Å². The first-order chi connectivity index (χ1) is 14.4. The zero-order valence-corrected chi connectivity index (χ0v) is 17.7. The van der Waals surface area contributed by atoms with Crippen LogP contribution in [0.5, 0.6) is 11.5 Å². The Morgan fingerprint density at radius 1 is 1.07 bits per heavy atom. The Morgan fingerprint density at radius 3 is 2.30 bits per heavy atom. The fourth-order valence-corrected chi connectivity index (χ4v) is 3.09. The molecule has 7 heteroatoms. The minimum Gasteiger partial charge on any atom is -0.490 e. The first-order valence-electron chi connectivity index (χ1n) is 10.2. The molecular formula is C23H29F2NO4. The smallest absolute Gasteiger partial charge is 0.303 e. The molecule has 0 heterocycles. The van der Waals surface area contributed by atoms with Crippen LogP contribution in [-0.2, 0) is 4.79 Å². The van der Waals surface area contributed by atoms with Crippen LogP contribution in [0.25, 0.3) is 11.1 Å². The normalized spacial score (nSPS) is 10.7. The van der Waals surface area contributed by atoms with Crippen molar-refractivity contribution >= 4 is 11.7 Å². The first kappa shape index (κ1) is 23.4. The van der Waals surface area contributed by atoms with E-state index in [2.05, 4.69) is 0 Å². The number of carbonyl (C=O) groups is 1. The monoisotopic (exact) mass is 421 g/mol. The van der Waals surface area contributed by atoms with Gasteiger partial charge in [-0.2, -0.15) is 0 Å². The van der Waals surface area contributed by atoms with E-state index >= 15 is 0 Å². The van der Waals surface area contributed by atoms with Crippen molar-refractivity contribution in [3.05, 3.63) is 42.0 Å². The Bertz CT molecular complexity index is 834. The van der Waals surface area contributed by atoms with Crippen LogP contribution < -0.4 is 14.4 Å². The van der Waals surface area contributed by atoms with Crippen LogP contribution in [0.15, 0.2) is 30.3 Å². The number of carboxylic acid groups (broad SMARTS) is 1. The lowest BCUT2D eigenvalue weighted by atomic mass is 10.0. The van der Waals surface area contributed by atoms with Crippen LogP contribution in [0.1, 0.15) is 39.5 Å². The molecule has 0 atom stereocenters. The molecule has 0 aliphatic heterocycles. The van der Waals surface area contributed by atoms with Gasteiger partial charge in [0, 0.05) is 25.6 Å². The maximum Gasteiger partial charge on any atom is 0.303 e. The highest BCUT2D eigenvalue weighted by Gasteiger charge is 2.19. The highest BCUT2D eigenvalue weighted by molar-refractivity contribution is 5.75. The van der Waals surface area contributed by atoms with E-state index in [1.165, 1.54) is 24.1 Å². The Labute approximate surface area is 176 Å². The lowest BCUT2D eigenvalue weighted by Gasteiger charge is -2.21. The largest absolute Gasteiger partial charge is 0.490 e. The first-order valence-corrected chi connectivity index (χ1v) is 10.2. The molecule has 2 aromatic rings. The Morgan fingerprint density at radius 2 is 1.70 bits per heavy atom. The fourth-order valence-electron chi connectivity index (χ4n) is 3.09. The molecule has 0 bridgehead atoms. The molecule has 164 valence electrons. The Balaban J connectivity index is 2.38. The lowest BCUT2D eigenvalue weighted by Crippen LogP contribution is -2.22. The van der Waals surface area contributed by atoms with Gasteiger partial charge in [0.15, 0.2) is 11.5 Å². The highest BCUT2D eigenvalue weighted by Crippen LogP contribution is 2.40. The summed E-state index contributed by atoms with van der Waals surface area (Å²) in [7, 11) is 1.54. The Hall–Kier alpha value is -2.83. The third-order valence-corrected chi connectivity index (χ3v) is 4.48. The number of rotatable bonds is 12. The standard InChI is InChI=1S/C23H29F2NO4/c1-4-12-29-20-9-6-8-17(23(20)30-13-5-2)16-14-18(24)22(19(25)15-16)26(3)11-7-10-21(27)28/h6,8-9,14-15H,4-5,7,10-13H2,1-3H3,(H,27,28). The average Bonchev–Trinajstić information content (AvgIpc) is 2.69. The van der Waals surface area contributed by atoms with Crippen LogP contribution in [0.3, 0.4) is 0 Å². The van der Waals surface area contributed by atoms with Gasteiger partial charge in [-0.3, -0.25) is 4.79 Å². The molecule has 2 aromatic carbocycles. The minimum absolute atomic E-state index is 0.0612. The molecule has 0 radical (unpaired) electrons. The number of carboxylic acids is 1. The van der Waals surface area contributed by atoms with Crippen molar-refractivity contribution in [1.82, 2.24) is 0 Å². The van der Waals surface area contributed by atoms with E-state index < -0.39 is 17.6 Å². The minimum atomic E-state index is -0.940. The van der Waals surface area contributed by atoms with Crippen molar-refractivity contribution in [3.63, 3.8) is 0 Å². The van der Waals surface area contributed by atoms with Crippen LogP contribution in [-0.4, -0.2) is 37.9 Å². The number of hydrogen-bond donors (Lipinski definition) is 1. The van der Waals surface area contributed by atoms with E-state index in [1.807, 2.05) is 13.8 Å². The number of ether oxygens (including phenoxy) is 2. The summed E-state index contributed by atoms with van der Waals surface area (Å²) in [5.74, 6) is -1.37. The van der Waals surface area contributed by atoms with Crippen molar-refractivity contribution in [2.75, 3.05) is 31.7 Å². The maximum absolute atomic E-state index is 14.8. The molecule has 0 amide bonds. The fraction of sp³-hybridized carbons (Fsp3) is 0.435. The van der Waals surface area contributed by atoms with Crippen LogP contribution in [0.4, 0.5) is 14.5 Å². The van der Waals surface area contributed by atoms with Crippen molar-refractivity contribution in [2.45, 2.75) is 39.5 Å². The van der Waals surface area contributed by atoms with Crippen LogP contribution in [0.2, 0.25) is 0 Å². The van der Waals surface area contributed by atoms with Gasteiger partial charge < -0.3 is 19.5 Å². The summed E-state index contributed by atoms with van der Waals surface area (Å²) in [6.07, 6.45) is 1.83. The molecule has 1 N–H and O–H groups in total. The number of anilines is 1. The predicted octanol–water partition coefficient (Wildman–Crippen LogP) is 5.51. The number of para-hydroxylation sites is 1. The summed E-state index contributed by atoms with van der Waals surface area (Å²) < 4.78 is 41.3. The maximum atomic E-state index is 14.8. The molecule has 0 aromatic heterocycles. The van der Waals surface area contributed by atoms with Gasteiger partial charge in [0.25, 0.3) is 0 Å². The zero-order valence-electron chi connectivity index (χ0n) is 17.7. The summed E-state index contributed by atoms with van der Waals surface area (Å²) in [6, 6.07) is 7.82. The number of nitrogens with zero attached hydrogens (tertiary/aromatic N) is 1. The van der Waals surface area contributed by atoms with Gasteiger partial charge in [-0.05, 0) is 43.0 Å². The van der Waals surface area contributed by atoms with E-state index in [1.54, 1.807) is 18.2 Å². The van der Waals surface area contributed by atoms with Gasteiger partial charge in [0.2, 0.25) is 0 Å². The third kappa shape index (κ3) is 6.08. The van der Waals surface area contributed by atoms with Crippen molar-refractivity contribution < 1.29 is 28.2 Å². The summed E-state index contributed by atoms with van der Waals surface area (Å²) in [5, 5.41) is 8.74. The van der Waals surface area contributed by atoms with E-state index in [9.17, 15) is 13.6 Å². The molecule has 0 unspecified atom stereocenters. The molecule has 0 saturated carbocycles. The zero-order chi connectivity index (χ0) is 22.1. The molecule has 0 spiro atoms. The molecule has 30 heavy (non-hydrogen) atoms. The number of aliphatic carboxylic acids is 1. The molecule has 0 aliphatic carbocycles. The summed E-state index contributed by atoms with van der Waals surface area (Å²) in [6.45, 7) is 5.16. The van der Waals surface area contributed by atoms with Gasteiger partial charge in [-0.15, -0.1) is 0 Å². The summed E-state index contributed by atoms with van der Waals surface area (Å²) >= 11 is 0. The second kappa shape index (κ2) is 11.4. The topological polar surface area (TPSA) is 59.0 Å². The Kier molecular flexibility index (Phi) is 8.89. The molecular weight excluding hydrogens is 392 g/mol. The number of hydrogen-bond acceptors (Lipinski definition) is 4. The summed E-state index contributed by atoms with van der Waals surface area (Å²) in [4.78, 5) is 12.1. The predicted molar refractivity (Wildman–Crippen MR) is 114 cm³/mol. The van der Waals surface area contributed by atoms with Gasteiger partial charge in [0.1, 0.15) is 17.3 Å². The van der Waals surface area contributed by atoms with Crippen LogP contribution >= 0.6 is 0 Å². The van der Waals surface area contributed by atoms with E-state index in [0.717, 1.165) is 12.8 Å². The van der Waals surface area contributed by atoms with Crippen molar-refractivity contribution in [2.24, 2.45) is 0 Å². The molecule has 2 rings (SSSR count). The molecule has 5 nitrogen and oxygen atoms in total.